The van der Waals surface area contributed by atoms with Crippen LogP contribution in [0.3, 0.4) is 0 Å². The average molecular weight is 613 g/mol. The summed E-state index contributed by atoms with van der Waals surface area (Å²) in [5.74, 6) is 1.72. The fraction of sp³-hybridized carbons (Fsp3) is 0.0667. The molecule has 6 rings (SSSR count). The fourth-order valence-electron chi connectivity index (χ4n) is 4.23. The number of fused-ring (bicyclic) bond motifs is 1. The van der Waals surface area contributed by atoms with E-state index >= 15 is 0 Å². The minimum Gasteiger partial charge on any atom is -0.493 e. The van der Waals surface area contributed by atoms with Gasteiger partial charge in [-0.05, 0) is 54.1 Å². The highest BCUT2D eigenvalue weighted by atomic mass is 79.9. The Morgan fingerprint density at radius 3 is 2.40 bits per heavy atom. The molecule has 0 spiro atoms. The minimum atomic E-state index is -0.229. The van der Waals surface area contributed by atoms with Crippen molar-refractivity contribution in [3.05, 3.63) is 115 Å². The molecule has 0 saturated carbocycles. The summed E-state index contributed by atoms with van der Waals surface area (Å²) in [4.78, 5) is 18.4. The van der Waals surface area contributed by atoms with Gasteiger partial charge < -0.3 is 9.47 Å². The largest absolute Gasteiger partial charge is 0.493 e. The van der Waals surface area contributed by atoms with Crippen LogP contribution in [0.25, 0.3) is 40.1 Å². The van der Waals surface area contributed by atoms with Crippen LogP contribution in [-0.4, -0.2) is 38.6 Å². The molecule has 0 aliphatic heterocycles. The summed E-state index contributed by atoms with van der Waals surface area (Å²) in [6.45, 7) is 0. The maximum atomic E-state index is 13.3. The highest BCUT2D eigenvalue weighted by Crippen LogP contribution is 2.28. The number of benzene rings is 3. The molecule has 3 aromatic carbocycles. The van der Waals surface area contributed by atoms with Crippen molar-refractivity contribution >= 4 is 50.5 Å². The first-order valence-corrected chi connectivity index (χ1v) is 13.9. The first kappa shape index (κ1) is 25.7. The Morgan fingerprint density at radius 1 is 0.900 bits per heavy atom. The molecular weight excluding hydrogens is 590 g/mol. The van der Waals surface area contributed by atoms with E-state index in [1.54, 1.807) is 20.3 Å². The molecular formula is C30H22BrN5O3S. The number of hydrogen-bond donors (Lipinski definition) is 0. The molecule has 8 nitrogen and oxygen atoms in total. The highest BCUT2D eigenvalue weighted by molar-refractivity contribution is 9.10. The van der Waals surface area contributed by atoms with E-state index in [-0.39, 0.29) is 5.56 Å². The standard InChI is InChI=1S/C30H22BrN5O3S/c1-38-24-14-8-19(16-25(24)39-2)9-15-27-32-30-36(33-27)29(37)26(40-30)17-21-18-35(23-6-4-3-5-7-23)34-28(21)20-10-12-22(31)13-11-20/h3-18H,1-2H3/b15-9+,26-17-. The third-order valence-electron chi connectivity index (χ3n) is 6.20. The lowest BCUT2D eigenvalue weighted by Gasteiger charge is -2.07. The first-order chi connectivity index (χ1) is 19.5. The molecule has 3 heterocycles. The van der Waals surface area contributed by atoms with Crippen LogP contribution in [0.4, 0.5) is 0 Å². The number of ether oxygens (including phenoxy) is 2. The molecule has 3 aromatic heterocycles. The number of halogens is 1. The van der Waals surface area contributed by atoms with Gasteiger partial charge in [0, 0.05) is 21.8 Å². The number of nitrogens with zero attached hydrogens (tertiary/aromatic N) is 5. The van der Waals surface area contributed by atoms with E-state index in [2.05, 4.69) is 26.0 Å². The molecule has 0 bridgehead atoms. The van der Waals surface area contributed by atoms with Crippen molar-refractivity contribution in [1.82, 2.24) is 24.4 Å². The lowest BCUT2D eigenvalue weighted by atomic mass is 10.1. The van der Waals surface area contributed by atoms with Gasteiger partial charge in [-0.25, -0.2) is 4.68 Å². The predicted molar refractivity (Wildman–Crippen MR) is 161 cm³/mol. The molecule has 0 amide bonds. The average Bonchev–Trinajstić information content (AvgIpc) is 3.67. The summed E-state index contributed by atoms with van der Waals surface area (Å²) in [5, 5.41) is 9.27. The summed E-state index contributed by atoms with van der Waals surface area (Å²) < 4.78 is 15.3. The molecule has 0 atom stereocenters. The third kappa shape index (κ3) is 5.06. The fourth-order valence-corrected chi connectivity index (χ4v) is 5.40. The van der Waals surface area contributed by atoms with Crippen molar-refractivity contribution in [2.45, 2.75) is 0 Å². The molecule has 0 aliphatic carbocycles. The molecule has 0 aliphatic rings. The zero-order valence-corrected chi connectivity index (χ0v) is 23.9. The maximum absolute atomic E-state index is 13.3. The van der Waals surface area contributed by atoms with Crippen LogP contribution in [0.2, 0.25) is 0 Å². The highest BCUT2D eigenvalue weighted by Gasteiger charge is 2.14. The Labute approximate surface area is 241 Å². The maximum Gasteiger partial charge on any atom is 0.291 e. The number of thiazole rings is 1. The Balaban J connectivity index is 1.37. The second kappa shape index (κ2) is 10.9. The van der Waals surface area contributed by atoms with Gasteiger partial charge in [0.15, 0.2) is 17.3 Å². The van der Waals surface area contributed by atoms with Crippen LogP contribution < -0.4 is 19.6 Å². The molecule has 40 heavy (non-hydrogen) atoms. The summed E-state index contributed by atoms with van der Waals surface area (Å²) in [7, 11) is 3.19. The monoisotopic (exact) mass is 611 g/mol. The second-order valence-electron chi connectivity index (χ2n) is 8.75. The molecule has 0 radical (unpaired) electrons. The van der Waals surface area contributed by atoms with Crippen molar-refractivity contribution < 1.29 is 9.47 Å². The number of hydrogen-bond acceptors (Lipinski definition) is 7. The van der Waals surface area contributed by atoms with Gasteiger partial charge in [-0.1, -0.05) is 69.7 Å². The van der Waals surface area contributed by atoms with Crippen LogP contribution in [0.15, 0.2) is 88.3 Å². The Bertz CT molecular complexity index is 1960. The van der Waals surface area contributed by atoms with Gasteiger partial charge in [-0.15, -0.1) is 5.10 Å². The number of methoxy groups -OCH3 is 2. The molecule has 6 aromatic rings. The molecule has 10 heteroatoms. The molecule has 0 unspecified atom stereocenters. The topological polar surface area (TPSA) is 83.5 Å². The Kier molecular flexibility index (Phi) is 7.02. The molecule has 0 N–H and O–H groups in total. The lowest BCUT2D eigenvalue weighted by Crippen LogP contribution is -2.23. The van der Waals surface area contributed by atoms with Crippen LogP contribution >= 0.6 is 27.3 Å². The van der Waals surface area contributed by atoms with E-state index in [0.29, 0.717) is 26.8 Å². The van der Waals surface area contributed by atoms with Gasteiger partial charge in [-0.3, -0.25) is 4.79 Å². The first-order valence-electron chi connectivity index (χ1n) is 12.2. The Morgan fingerprint density at radius 2 is 1.68 bits per heavy atom. The van der Waals surface area contributed by atoms with Gasteiger partial charge in [-0.2, -0.15) is 14.6 Å². The van der Waals surface area contributed by atoms with Crippen molar-refractivity contribution in [1.29, 1.82) is 0 Å². The van der Waals surface area contributed by atoms with Crippen LogP contribution in [0.5, 0.6) is 11.5 Å². The van der Waals surface area contributed by atoms with Crippen molar-refractivity contribution in [2.75, 3.05) is 14.2 Å². The second-order valence-corrected chi connectivity index (χ2v) is 10.7. The summed E-state index contributed by atoms with van der Waals surface area (Å²) in [6, 6.07) is 23.4. The lowest BCUT2D eigenvalue weighted by molar-refractivity contribution is 0.355. The number of para-hydroxylation sites is 1. The van der Waals surface area contributed by atoms with Gasteiger partial charge in [0.25, 0.3) is 5.56 Å². The summed E-state index contributed by atoms with van der Waals surface area (Å²) in [6.07, 6.45) is 7.41. The smallest absolute Gasteiger partial charge is 0.291 e. The quantitative estimate of drug-likeness (QED) is 0.237. The number of rotatable bonds is 7. The van der Waals surface area contributed by atoms with Crippen molar-refractivity contribution in [2.24, 2.45) is 0 Å². The van der Waals surface area contributed by atoms with Gasteiger partial charge >= 0.3 is 0 Å². The van der Waals surface area contributed by atoms with Gasteiger partial charge in [0.1, 0.15) is 0 Å². The zero-order chi connectivity index (χ0) is 27.6. The van der Waals surface area contributed by atoms with E-state index in [1.807, 2.05) is 95.8 Å². The SMILES string of the molecule is COc1ccc(/C=C/c2nc3s/c(=C\c4cn(-c5ccccc5)nc4-c4ccc(Br)cc4)c(=O)n3n2)cc1OC. The van der Waals surface area contributed by atoms with Crippen molar-refractivity contribution in [3.63, 3.8) is 0 Å². The molecule has 0 fully saturated rings. The number of aromatic nitrogens is 5. The van der Waals surface area contributed by atoms with Crippen LogP contribution in [0, 0.1) is 0 Å². The van der Waals surface area contributed by atoms with E-state index in [1.165, 1.54) is 15.9 Å². The van der Waals surface area contributed by atoms with Gasteiger partial charge in [0.05, 0.1) is 30.1 Å². The van der Waals surface area contributed by atoms with Crippen LogP contribution in [-0.2, 0) is 0 Å². The van der Waals surface area contributed by atoms with Crippen LogP contribution in [0.1, 0.15) is 17.0 Å². The minimum absolute atomic E-state index is 0.229. The normalized spacial score (nSPS) is 12.0. The predicted octanol–water partition coefficient (Wildman–Crippen LogP) is 5.50. The van der Waals surface area contributed by atoms with Crippen molar-refractivity contribution in [3.8, 4) is 28.4 Å². The molecule has 198 valence electrons. The zero-order valence-electron chi connectivity index (χ0n) is 21.5. The summed E-state index contributed by atoms with van der Waals surface area (Å²) in [5.41, 5.74) is 4.13. The van der Waals surface area contributed by atoms with E-state index < -0.39 is 0 Å². The van der Waals surface area contributed by atoms with E-state index in [0.717, 1.165) is 32.5 Å². The Hall–Kier alpha value is -4.54. The molecule has 0 saturated heterocycles. The summed E-state index contributed by atoms with van der Waals surface area (Å²) >= 11 is 4.78. The van der Waals surface area contributed by atoms with Gasteiger partial charge in [0.2, 0.25) is 4.96 Å². The van der Waals surface area contributed by atoms with E-state index in [9.17, 15) is 4.79 Å². The van der Waals surface area contributed by atoms with E-state index in [4.69, 9.17) is 14.6 Å². The third-order valence-corrected chi connectivity index (χ3v) is 7.69.